The molecule has 1 N–H and O–H groups in total. The fourth-order valence-electron chi connectivity index (χ4n) is 2.45. The fraction of sp³-hybridized carbons (Fsp3) is 0.562. The number of aliphatic carboxylic acids is 1. The smallest absolute Gasteiger partial charge is 0.304 e. The van der Waals surface area contributed by atoms with E-state index >= 15 is 0 Å². The fourth-order valence-corrected chi connectivity index (χ4v) is 2.45. The summed E-state index contributed by atoms with van der Waals surface area (Å²) >= 11 is 0. The molecule has 5 heteroatoms. The van der Waals surface area contributed by atoms with Crippen LogP contribution in [0.3, 0.4) is 0 Å². The highest BCUT2D eigenvalue weighted by molar-refractivity contribution is 5.66. The van der Waals surface area contributed by atoms with Crippen molar-refractivity contribution in [2.75, 3.05) is 45.9 Å². The zero-order valence-electron chi connectivity index (χ0n) is 12.4. The van der Waals surface area contributed by atoms with Crippen LogP contribution in [0.1, 0.15) is 12.0 Å². The van der Waals surface area contributed by atoms with E-state index < -0.39 is 5.97 Å². The lowest BCUT2D eigenvalue weighted by molar-refractivity contribution is -0.137. The Bertz CT molecular complexity index is 417. The summed E-state index contributed by atoms with van der Waals surface area (Å²) in [6, 6.07) is 10.2. The van der Waals surface area contributed by atoms with Gasteiger partial charge in [0, 0.05) is 39.3 Å². The molecule has 0 aromatic heterocycles. The molecule has 21 heavy (non-hydrogen) atoms. The maximum Gasteiger partial charge on any atom is 0.304 e. The number of rotatable bonds is 8. The lowest BCUT2D eigenvalue weighted by Crippen LogP contribution is -2.47. The molecule has 0 spiro atoms. The van der Waals surface area contributed by atoms with E-state index in [0.717, 1.165) is 39.3 Å². The normalized spacial score (nSPS) is 17.0. The average Bonchev–Trinajstić information content (AvgIpc) is 2.52. The minimum absolute atomic E-state index is 0.236. The summed E-state index contributed by atoms with van der Waals surface area (Å²) in [5, 5.41) is 8.68. The number of hydrogen-bond acceptors (Lipinski definition) is 4. The van der Waals surface area contributed by atoms with E-state index in [9.17, 15) is 4.79 Å². The van der Waals surface area contributed by atoms with Gasteiger partial charge in [0.15, 0.2) is 0 Å². The predicted molar refractivity (Wildman–Crippen MR) is 81.2 cm³/mol. The van der Waals surface area contributed by atoms with Crippen molar-refractivity contribution in [1.29, 1.82) is 0 Å². The standard InChI is InChI=1S/C16H24N2O3/c19-16(20)6-7-17-8-10-18(11-9-17)12-13-21-14-15-4-2-1-3-5-15/h1-5H,6-14H2,(H,19,20). The summed E-state index contributed by atoms with van der Waals surface area (Å²) in [6.45, 7) is 6.90. The lowest BCUT2D eigenvalue weighted by atomic mass is 10.2. The summed E-state index contributed by atoms with van der Waals surface area (Å²) in [6.07, 6.45) is 0.236. The molecule has 0 saturated carbocycles. The number of carboxylic acid groups (broad SMARTS) is 1. The molecule has 0 radical (unpaired) electrons. The topological polar surface area (TPSA) is 53.0 Å². The molecule has 0 bridgehead atoms. The molecule has 2 rings (SSSR count). The minimum Gasteiger partial charge on any atom is -0.481 e. The van der Waals surface area contributed by atoms with Gasteiger partial charge in [-0.15, -0.1) is 0 Å². The van der Waals surface area contributed by atoms with E-state index in [2.05, 4.69) is 21.9 Å². The second kappa shape index (κ2) is 8.77. The second-order valence-electron chi connectivity index (χ2n) is 5.37. The lowest BCUT2D eigenvalue weighted by Gasteiger charge is -2.34. The first kappa shape index (κ1) is 15.9. The average molecular weight is 292 g/mol. The molecule has 1 heterocycles. The molecule has 0 atom stereocenters. The molecule has 1 aromatic carbocycles. The van der Waals surface area contributed by atoms with Crippen molar-refractivity contribution in [3.8, 4) is 0 Å². The second-order valence-corrected chi connectivity index (χ2v) is 5.37. The first-order valence-corrected chi connectivity index (χ1v) is 7.52. The van der Waals surface area contributed by atoms with Gasteiger partial charge in [0.25, 0.3) is 0 Å². The third-order valence-corrected chi connectivity index (χ3v) is 3.77. The van der Waals surface area contributed by atoms with E-state index in [1.165, 1.54) is 5.56 Å². The van der Waals surface area contributed by atoms with Crippen molar-refractivity contribution in [2.45, 2.75) is 13.0 Å². The Labute approximate surface area is 126 Å². The highest BCUT2D eigenvalue weighted by atomic mass is 16.5. The molecule has 0 aliphatic carbocycles. The van der Waals surface area contributed by atoms with Crippen molar-refractivity contribution < 1.29 is 14.6 Å². The highest BCUT2D eigenvalue weighted by Gasteiger charge is 2.16. The Kier molecular flexibility index (Phi) is 6.66. The molecule has 116 valence electrons. The van der Waals surface area contributed by atoms with E-state index in [1.54, 1.807) is 0 Å². The molecule has 1 saturated heterocycles. The van der Waals surface area contributed by atoms with E-state index in [0.29, 0.717) is 13.2 Å². The maximum absolute atomic E-state index is 10.5. The monoisotopic (exact) mass is 292 g/mol. The first-order chi connectivity index (χ1) is 10.2. The number of carbonyl (C=O) groups is 1. The van der Waals surface area contributed by atoms with Crippen LogP contribution in [0.25, 0.3) is 0 Å². The largest absolute Gasteiger partial charge is 0.481 e. The Balaban J connectivity index is 1.54. The van der Waals surface area contributed by atoms with Crippen molar-refractivity contribution in [3.05, 3.63) is 35.9 Å². The molecule has 1 aromatic rings. The van der Waals surface area contributed by atoms with Gasteiger partial charge in [-0.25, -0.2) is 0 Å². The first-order valence-electron chi connectivity index (χ1n) is 7.52. The van der Waals surface area contributed by atoms with E-state index in [1.807, 2.05) is 18.2 Å². The van der Waals surface area contributed by atoms with E-state index in [-0.39, 0.29) is 6.42 Å². The SMILES string of the molecule is O=C(O)CCN1CCN(CCOCc2ccccc2)CC1. The highest BCUT2D eigenvalue weighted by Crippen LogP contribution is 2.04. The summed E-state index contributed by atoms with van der Waals surface area (Å²) in [5.41, 5.74) is 1.20. The molecular weight excluding hydrogens is 268 g/mol. The van der Waals surface area contributed by atoms with Crippen LogP contribution < -0.4 is 0 Å². The van der Waals surface area contributed by atoms with Crippen LogP contribution in [-0.4, -0.2) is 66.8 Å². The van der Waals surface area contributed by atoms with Crippen LogP contribution in [-0.2, 0) is 16.1 Å². The summed E-state index contributed by atoms with van der Waals surface area (Å²) in [7, 11) is 0. The predicted octanol–water partition coefficient (Wildman–Crippen LogP) is 1.30. The molecule has 0 amide bonds. The molecule has 1 fully saturated rings. The van der Waals surface area contributed by atoms with E-state index in [4.69, 9.17) is 9.84 Å². The number of benzene rings is 1. The molecule has 0 unspecified atom stereocenters. The van der Waals surface area contributed by atoms with Crippen LogP contribution in [0.5, 0.6) is 0 Å². The van der Waals surface area contributed by atoms with Gasteiger partial charge in [0.1, 0.15) is 0 Å². The third-order valence-electron chi connectivity index (χ3n) is 3.77. The zero-order chi connectivity index (χ0) is 14.9. The molecule has 5 nitrogen and oxygen atoms in total. The van der Waals surface area contributed by atoms with Crippen molar-refractivity contribution in [3.63, 3.8) is 0 Å². The Morgan fingerprint density at radius 1 is 1.05 bits per heavy atom. The molecule has 1 aliphatic rings. The van der Waals surface area contributed by atoms with Gasteiger partial charge in [-0.2, -0.15) is 0 Å². The van der Waals surface area contributed by atoms with Crippen molar-refractivity contribution in [1.82, 2.24) is 9.80 Å². The van der Waals surface area contributed by atoms with Gasteiger partial charge >= 0.3 is 5.97 Å². The maximum atomic E-state index is 10.5. The molecule has 1 aliphatic heterocycles. The van der Waals surface area contributed by atoms with Crippen LogP contribution >= 0.6 is 0 Å². The van der Waals surface area contributed by atoms with Gasteiger partial charge in [-0.1, -0.05) is 30.3 Å². The van der Waals surface area contributed by atoms with Crippen LogP contribution in [0.4, 0.5) is 0 Å². The number of carboxylic acids is 1. The van der Waals surface area contributed by atoms with Gasteiger partial charge in [0.2, 0.25) is 0 Å². The van der Waals surface area contributed by atoms with Gasteiger partial charge in [-0.3, -0.25) is 9.69 Å². The number of hydrogen-bond donors (Lipinski definition) is 1. The van der Waals surface area contributed by atoms with Crippen molar-refractivity contribution >= 4 is 5.97 Å². The minimum atomic E-state index is -0.716. The van der Waals surface area contributed by atoms with Gasteiger partial charge in [0.05, 0.1) is 19.6 Å². The van der Waals surface area contributed by atoms with Crippen molar-refractivity contribution in [2.24, 2.45) is 0 Å². The number of ether oxygens (including phenoxy) is 1. The summed E-state index contributed by atoms with van der Waals surface area (Å²) in [5.74, 6) is -0.716. The Morgan fingerprint density at radius 3 is 2.29 bits per heavy atom. The molecular formula is C16H24N2O3. The van der Waals surface area contributed by atoms with Crippen LogP contribution in [0, 0.1) is 0 Å². The van der Waals surface area contributed by atoms with Gasteiger partial charge in [-0.05, 0) is 5.56 Å². The summed E-state index contributed by atoms with van der Waals surface area (Å²) < 4.78 is 5.70. The number of piperazine rings is 1. The Morgan fingerprint density at radius 2 is 1.67 bits per heavy atom. The third kappa shape index (κ3) is 6.25. The zero-order valence-corrected chi connectivity index (χ0v) is 12.4. The Hall–Kier alpha value is -1.43. The van der Waals surface area contributed by atoms with Gasteiger partial charge < -0.3 is 14.7 Å². The quantitative estimate of drug-likeness (QED) is 0.732. The van der Waals surface area contributed by atoms with Crippen LogP contribution in [0.15, 0.2) is 30.3 Å². The number of nitrogens with zero attached hydrogens (tertiary/aromatic N) is 2. The summed E-state index contributed by atoms with van der Waals surface area (Å²) in [4.78, 5) is 15.1. The van der Waals surface area contributed by atoms with Crippen LogP contribution in [0.2, 0.25) is 0 Å².